The predicted molar refractivity (Wildman–Crippen MR) is 121 cm³/mol. The Labute approximate surface area is 182 Å². The average Bonchev–Trinajstić information content (AvgIpc) is 2.80. The lowest BCUT2D eigenvalue weighted by Gasteiger charge is -2.32. The molecule has 1 saturated heterocycles. The molecule has 164 valence electrons. The van der Waals surface area contributed by atoms with E-state index in [0.717, 1.165) is 18.6 Å². The molecule has 0 unspecified atom stereocenters. The Morgan fingerprint density at radius 2 is 1.84 bits per heavy atom. The van der Waals surface area contributed by atoms with E-state index in [4.69, 9.17) is 4.74 Å². The molecule has 1 aliphatic heterocycles. The summed E-state index contributed by atoms with van der Waals surface area (Å²) in [6.45, 7) is 9.88. The largest absolute Gasteiger partial charge is 0.494 e. The first-order valence-corrected chi connectivity index (χ1v) is 10.6. The standard InChI is InChI=1S/C23H29N5O3/c1-4-19(29)28-13-11-17(12-14-28)27-23-20(22(24-5-2)25-15-26-23)21(30)16-7-9-18(10-8-16)31-6-3/h4,7-10,15,17H,1,5-6,11-14H2,2-3H3,(H2,24,25,26,27). The summed E-state index contributed by atoms with van der Waals surface area (Å²) in [6, 6.07) is 7.17. The van der Waals surface area contributed by atoms with Gasteiger partial charge in [0.25, 0.3) is 0 Å². The number of benzene rings is 1. The van der Waals surface area contributed by atoms with Crippen LogP contribution in [0.1, 0.15) is 42.6 Å². The number of rotatable bonds is 9. The first-order valence-electron chi connectivity index (χ1n) is 10.6. The summed E-state index contributed by atoms with van der Waals surface area (Å²) in [5.41, 5.74) is 0.949. The monoisotopic (exact) mass is 423 g/mol. The van der Waals surface area contributed by atoms with Gasteiger partial charge in [0.1, 0.15) is 29.3 Å². The molecule has 0 saturated carbocycles. The Hall–Kier alpha value is -3.42. The fourth-order valence-corrected chi connectivity index (χ4v) is 3.59. The number of hydrogen-bond acceptors (Lipinski definition) is 7. The topological polar surface area (TPSA) is 96.5 Å². The van der Waals surface area contributed by atoms with Gasteiger partial charge in [-0.15, -0.1) is 0 Å². The van der Waals surface area contributed by atoms with Crippen LogP contribution in [0.25, 0.3) is 0 Å². The molecule has 0 aliphatic carbocycles. The highest BCUT2D eigenvalue weighted by Crippen LogP contribution is 2.26. The second kappa shape index (κ2) is 10.6. The van der Waals surface area contributed by atoms with Crippen LogP contribution in [0.3, 0.4) is 0 Å². The van der Waals surface area contributed by atoms with Crippen molar-refractivity contribution in [2.45, 2.75) is 32.7 Å². The van der Waals surface area contributed by atoms with Gasteiger partial charge >= 0.3 is 0 Å². The van der Waals surface area contributed by atoms with E-state index in [-0.39, 0.29) is 17.7 Å². The van der Waals surface area contributed by atoms with Crippen molar-refractivity contribution in [3.63, 3.8) is 0 Å². The molecule has 0 radical (unpaired) electrons. The first-order chi connectivity index (χ1) is 15.1. The van der Waals surface area contributed by atoms with E-state index in [1.54, 1.807) is 29.2 Å². The van der Waals surface area contributed by atoms with E-state index >= 15 is 0 Å². The van der Waals surface area contributed by atoms with Crippen molar-refractivity contribution < 1.29 is 14.3 Å². The Morgan fingerprint density at radius 3 is 2.45 bits per heavy atom. The molecule has 1 fully saturated rings. The van der Waals surface area contributed by atoms with Gasteiger partial charge < -0.3 is 20.3 Å². The Kier molecular flexibility index (Phi) is 7.59. The summed E-state index contributed by atoms with van der Waals surface area (Å²) in [4.78, 5) is 35.7. The van der Waals surface area contributed by atoms with E-state index < -0.39 is 0 Å². The zero-order valence-corrected chi connectivity index (χ0v) is 18.1. The number of ketones is 1. The summed E-state index contributed by atoms with van der Waals surface area (Å²) in [5.74, 6) is 1.49. The fraction of sp³-hybridized carbons (Fsp3) is 0.391. The SMILES string of the molecule is C=CC(=O)N1CCC(Nc2ncnc(NCC)c2C(=O)c2ccc(OCC)cc2)CC1. The molecule has 2 heterocycles. The van der Waals surface area contributed by atoms with E-state index in [9.17, 15) is 9.59 Å². The van der Waals surface area contributed by atoms with Crippen LogP contribution in [-0.2, 0) is 4.79 Å². The van der Waals surface area contributed by atoms with Crippen molar-refractivity contribution in [3.8, 4) is 5.75 Å². The zero-order valence-electron chi connectivity index (χ0n) is 18.1. The minimum atomic E-state index is -0.165. The summed E-state index contributed by atoms with van der Waals surface area (Å²) < 4.78 is 5.47. The maximum Gasteiger partial charge on any atom is 0.245 e. The summed E-state index contributed by atoms with van der Waals surface area (Å²) in [5, 5.41) is 6.57. The highest BCUT2D eigenvalue weighted by Gasteiger charge is 2.25. The van der Waals surface area contributed by atoms with Crippen LogP contribution >= 0.6 is 0 Å². The Balaban J connectivity index is 1.83. The van der Waals surface area contributed by atoms with Gasteiger partial charge in [0, 0.05) is 31.2 Å². The smallest absolute Gasteiger partial charge is 0.245 e. The molecule has 1 aromatic carbocycles. The Morgan fingerprint density at radius 1 is 1.16 bits per heavy atom. The Bertz CT molecular complexity index is 921. The molecule has 2 N–H and O–H groups in total. The molecule has 1 aliphatic rings. The van der Waals surface area contributed by atoms with Gasteiger partial charge in [-0.2, -0.15) is 0 Å². The average molecular weight is 424 g/mol. The number of carbonyl (C=O) groups is 2. The first kappa shape index (κ1) is 22.3. The number of ether oxygens (including phenoxy) is 1. The fourth-order valence-electron chi connectivity index (χ4n) is 3.59. The molecule has 1 aromatic heterocycles. The molecule has 8 nitrogen and oxygen atoms in total. The van der Waals surface area contributed by atoms with Crippen LogP contribution in [0.2, 0.25) is 0 Å². The molecule has 2 aromatic rings. The molecule has 0 spiro atoms. The number of carbonyl (C=O) groups excluding carboxylic acids is 2. The van der Waals surface area contributed by atoms with Gasteiger partial charge in [-0.1, -0.05) is 6.58 Å². The van der Waals surface area contributed by atoms with Gasteiger partial charge in [0.05, 0.1) is 6.61 Å². The molecular weight excluding hydrogens is 394 g/mol. The van der Waals surface area contributed by atoms with Gasteiger partial charge in [-0.05, 0) is 57.0 Å². The number of likely N-dealkylation sites (tertiary alicyclic amines) is 1. The summed E-state index contributed by atoms with van der Waals surface area (Å²) in [7, 11) is 0. The minimum Gasteiger partial charge on any atom is -0.494 e. The summed E-state index contributed by atoms with van der Waals surface area (Å²) in [6.07, 6.45) is 4.31. The number of anilines is 2. The van der Waals surface area contributed by atoms with Gasteiger partial charge in [-0.25, -0.2) is 9.97 Å². The maximum absolute atomic E-state index is 13.4. The van der Waals surface area contributed by atoms with E-state index in [1.165, 1.54) is 12.4 Å². The molecule has 31 heavy (non-hydrogen) atoms. The third kappa shape index (κ3) is 5.39. The van der Waals surface area contributed by atoms with Crippen molar-refractivity contribution in [1.29, 1.82) is 0 Å². The molecular formula is C23H29N5O3. The number of nitrogens with zero attached hydrogens (tertiary/aromatic N) is 3. The number of piperidine rings is 1. The van der Waals surface area contributed by atoms with Crippen molar-refractivity contribution >= 4 is 23.3 Å². The highest BCUT2D eigenvalue weighted by molar-refractivity contribution is 6.14. The zero-order chi connectivity index (χ0) is 22.2. The van der Waals surface area contributed by atoms with Crippen molar-refractivity contribution in [1.82, 2.24) is 14.9 Å². The lowest BCUT2D eigenvalue weighted by molar-refractivity contribution is -0.126. The molecule has 8 heteroatoms. The van der Waals surface area contributed by atoms with E-state index in [2.05, 4.69) is 27.2 Å². The van der Waals surface area contributed by atoms with Crippen LogP contribution in [0.5, 0.6) is 5.75 Å². The molecule has 1 amide bonds. The second-order valence-electron chi connectivity index (χ2n) is 7.21. The number of amides is 1. The molecule has 0 bridgehead atoms. The number of aromatic nitrogens is 2. The third-order valence-electron chi connectivity index (χ3n) is 5.17. The van der Waals surface area contributed by atoms with Gasteiger partial charge in [0.2, 0.25) is 5.91 Å². The minimum absolute atomic E-state index is 0.0544. The number of hydrogen-bond donors (Lipinski definition) is 2. The van der Waals surface area contributed by atoms with E-state index in [1.807, 2.05) is 13.8 Å². The highest BCUT2D eigenvalue weighted by atomic mass is 16.5. The molecule has 3 rings (SSSR count). The van der Waals surface area contributed by atoms with Gasteiger partial charge in [-0.3, -0.25) is 9.59 Å². The van der Waals surface area contributed by atoms with Crippen LogP contribution in [0.4, 0.5) is 11.6 Å². The quantitative estimate of drug-likeness (QED) is 0.472. The lowest BCUT2D eigenvalue weighted by Crippen LogP contribution is -2.42. The molecule has 0 atom stereocenters. The van der Waals surface area contributed by atoms with Crippen molar-refractivity contribution in [3.05, 3.63) is 54.4 Å². The maximum atomic E-state index is 13.4. The summed E-state index contributed by atoms with van der Waals surface area (Å²) >= 11 is 0. The third-order valence-corrected chi connectivity index (χ3v) is 5.17. The van der Waals surface area contributed by atoms with Gasteiger partial charge in [0.15, 0.2) is 5.78 Å². The van der Waals surface area contributed by atoms with Crippen molar-refractivity contribution in [2.24, 2.45) is 0 Å². The van der Waals surface area contributed by atoms with Crippen LogP contribution in [-0.4, -0.2) is 58.8 Å². The predicted octanol–water partition coefficient (Wildman–Crippen LogP) is 3.13. The normalized spacial score (nSPS) is 14.1. The lowest BCUT2D eigenvalue weighted by atomic mass is 10.0. The van der Waals surface area contributed by atoms with Crippen molar-refractivity contribution in [2.75, 3.05) is 36.9 Å². The van der Waals surface area contributed by atoms with Crippen LogP contribution in [0.15, 0.2) is 43.2 Å². The second-order valence-corrected chi connectivity index (χ2v) is 7.21. The van der Waals surface area contributed by atoms with Crippen LogP contribution in [0, 0.1) is 0 Å². The van der Waals surface area contributed by atoms with E-state index in [0.29, 0.717) is 49.0 Å². The number of nitrogens with one attached hydrogen (secondary N) is 2. The van der Waals surface area contributed by atoms with Crippen LogP contribution < -0.4 is 15.4 Å².